The van der Waals surface area contributed by atoms with Crippen molar-refractivity contribution in [2.45, 2.75) is 0 Å². The van der Waals surface area contributed by atoms with Gasteiger partial charge < -0.3 is 13.7 Å². The minimum absolute atomic E-state index is 1.15. The van der Waals surface area contributed by atoms with Crippen LogP contribution in [-0.4, -0.2) is 13.7 Å². The van der Waals surface area contributed by atoms with Gasteiger partial charge in [0, 0.05) is 54.9 Å². The van der Waals surface area contributed by atoms with Gasteiger partial charge in [-0.2, -0.15) is 0 Å². The Bertz CT molecular complexity index is 3860. The van der Waals surface area contributed by atoms with Gasteiger partial charge in [-0.1, -0.05) is 133 Å². The van der Waals surface area contributed by atoms with Gasteiger partial charge in [0.1, 0.15) is 0 Å². The Labute approximate surface area is 352 Å². The SMILES string of the molecule is c1ccc(-n2c3ccccc3c3cc(-c4cc(-c5ccc6c(c5)c5ccccc5n6-c5ccc6ccccc6c5)c5c(c4)c4ccccc4n5-c4ccccc4)ccc32)cc1. The molecule has 0 aliphatic carbocycles. The van der Waals surface area contributed by atoms with Gasteiger partial charge in [-0.05, 0) is 118 Å². The molecule has 0 N–H and O–H groups in total. The topological polar surface area (TPSA) is 14.8 Å². The van der Waals surface area contributed by atoms with Crippen LogP contribution in [0.5, 0.6) is 0 Å². The normalized spacial score (nSPS) is 11.9. The molecule has 3 aromatic heterocycles. The van der Waals surface area contributed by atoms with Crippen LogP contribution in [0.1, 0.15) is 0 Å². The fourth-order valence-electron chi connectivity index (χ4n) is 10.1. The summed E-state index contributed by atoms with van der Waals surface area (Å²) >= 11 is 0. The van der Waals surface area contributed by atoms with Crippen LogP contribution >= 0.6 is 0 Å². The maximum absolute atomic E-state index is 2.46. The van der Waals surface area contributed by atoms with Crippen molar-refractivity contribution in [3.05, 3.63) is 224 Å². The molecule has 13 aromatic rings. The van der Waals surface area contributed by atoms with E-state index in [9.17, 15) is 0 Å². The number of rotatable bonds is 5. The van der Waals surface area contributed by atoms with Gasteiger partial charge in [0.25, 0.3) is 0 Å². The molecule has 13 rings (SSSR count). The number of fused-ring (bicyclic) bond motifs is 10. The summed E-state index contributed by atoms with van der Waals surface area (Å²) < 4.78 is 7.28. The average Bonchev–Trinajstić information content (AvgIpc) is 3.97. The molecule has 0 saturated carbocycles. The number of aromatic nitrogens is 3. The third-order valence-corrected chi connectivity index (χ3v) is 12.8. The van der Waals surface area contributed by atoms with Gasteiger partial charge in [0.05, 0.1) is 33.1 Å². The number of hydrogen-bond donors (Lipinski definition) is 0. The van der Waals surface area contributed by atoms with Gasteiger partial charge in [-0.3, -0.25) is 0 Å². The zero-order valence-electron chi connectivity index (χ0n) is 33.2. The Hall–Kier alpha value is -8.14. The molecule has 0 bridgehead atoms. The van der Waals surface area contributed by atoms with Crippen molar-refractivity contribution < 1.29 is 0 Å². The molecule has 10 aromatic carbocycles. The molecular weight excluding hydrogens is 739 g/mol. The average molecular weight is 776 g/mol. The standard InChI is InChI=1S/C58H37N3/c1-3-17-43(18-4-1)59-53-24-12-9-21-46(53)50-34-40(28-31-56(50)59)42-36-49(58-52(37-42)48-23-11-14-26-55(48)61(58)44-19-5-2-6-20-44)41-29-32-57-51(35-41)47-22-10-13-25-54(47)60(57)45-30-27-38-15-7-8-16-39(38)33-45/h1-37H. The molecule has 3 nitrogen and oxygen atoms in total. The molecule has 3 heterocycles. The first kappa shape index (κ1) is 33.8. The van der Waals surface area contributed by atoms with Crippen LogP contribution in [0.4, 0.5) is 0 Å². The molecule has 0 atom stereocenters. The van der Waals surface area contributed by atoms with E-state index in [1.807, 2.05) is 0 Å². The van der Waals surface area contributed by atoms with E-state index in [0.717, 1.165) is 17.1 Å². The predicted octanol–water partition coefficient (Wildman–Crippen LogP) is 15.5. The number of nitrogens with zero attached hydrogens (tertiary/aromatic N) is 3. The molecule has 284 valence electrons. The Morgan fingerprint density at radius 1 is 0.230 bits per heavy atom. The zero-order chi connectivity index (χ0) is 40.0. The van der Waals surface area contributed by atoms with Crippen LogP contribution in [0.15, 0.2) is 224 Å². The predicted molar refractivity (Wildman–Crippen MR) is 258 cm³/mol. The minimum atomic E-state index is 1.15. The lowest BCUT2D eigenvalue weighted by molar-refractivity contribution is 1.18. The van der Waals surface area contributed by atoms with Gasteiger partial charge in [0.15, 0.2) is 0 Å². The van der Waals surface area contributed by atoms with E-state index >= 15 is 0 Å². The Kier molecular flexibility index (Phi) is 7.31. The van der Waals surface area contributed by atoms with Gasteiger partial charge >= 0.3 is 0 Å². The zero-order valence-corrected chi connectivity index (χ0v) is 33.2. The molecule has 0 spiro atoms. The van der Waals surface area contributed by atoms with Crippen LogP contribution in [0.3, 0.4) is 0 Å². The van der Waals surface area contributed by atoms with Crippen molar-refractivity contribution >= 4 is 76.2 Å². The molecular formula is C58H37N3. The van der Waals surface area contributed by atoms with E-state index in [2.05, 4.69) is 238 Å². The third-order valence-electron chi connectivity index (χ3n) is 12.8. The van der Waals surface area contributed by atoms with E-state index in [4.69, 9.17) is 0 Å². The molecule has 0 saturated heterocycles. The van der Waals surface area contributed by atoms with E-state index in [0.29, 0.717) is 0 Å². The Balaban J connectivity index is 1.09. The van der Waals surface area contributed by atoms with E-state index in [1.54, 1.807) is 0 Å². The summed E-state index contributed by atoms with van der Waals surface area (Å²) in [6, 6.07) is 82.4. The minimum Gasteiger partial charge on any atom is -0.309 e. The summed E-state index contributed by atoms with van der Waals surface area (Å²) in [4.78, 5) is 0. The maximum Gasteiger partial charge on any atom is 0.0619 e. The van der Waals surface area contributed by atoms with Crippen molar-refractivity contribution in [1.82, 2.24) is 13.7 Å². The molecule has 3 heteroatoms. The van der Waals surface area contributed by atoms with E-state index in [-0.39, 0.29) is 0 Å². The third kappa shape index (κ3) is 5.11. The number of hydrogen-bond acceptors (Lipinski definition) is 0. The summed E-state index contributed by atoms with van der Waals surface area (Å²) in [6.45, 7) is 0. The van der Waals surface area contributed by atoms with Crippen LogP contribution in [0.2, 0.25) is 0 Å². The highest BCUT2D eigenvalue weighted by Gasteiger charge is 2.21. The van der Waals surface area contributed by atoms with Gasteiger partial charge in [-0.15, -0.1) is 0 Å². The molecule has 0 aliphatic rings. The molecule has 0 fully saturated rings. The summed E-state index contributed by atoms with van der Waals surface area (Å²) in [5.41, 5.74) is 15.4. The van der Waals surface area contributed by atoms with Crippen molar-refractivity contribution in [1.29, 1.82) is 0 Å². The lowest BCUT2D eigenvalue weighted by Crippen LogP contribution is -1.96. The van der Waals surface area contributed by atoms with Crippen molar-refractivity contribution in [2.24, 2.45) is 0 Å². The molecule has 0 radical (unpaired) electrons. The lowest BCUT2D eigenvalue weighted by atomic mass is 9.94. The summed E-state index contributed by atoms with van der Waals surface area (Å²) in [6.07, 6.45) is 0. The Morgan fingerprint density at radius 2 is 0.689 bits per heavy atom. The summed E-state index contributed by atoms with van der Waals surface area (Å²) in [7, 11) is 0. The number of para-hydroxylation sites is 5. The molecule has 0 unspecified atom stereocenters. The van der Waals surface area contributed by atoms with E-state index < -0.39 is 0 Å². The second-order valence-corrected chi connectivity index (χ2v) is 16.1. The van der Waals surface area contributed by atoms with Gasteiger partial charge in [0.2, 0.25) is 0 Å². The highest BCUT2D eigenvalue weighted by molar-refractivity contribution is 6.18. The van der Waals surface area contributed by atoms with Gasteiger partial charge in [-0.25, -0.2) is 0 Å². The van der Waals surface area contributed by atoms with Crippen molar-refractivity contribution in [3.8, 4) is 39.3 Å². The van der Waals surface area contributed by atoms with Crippen molar-refractivity contribution in [3.63, 3.8) is 0 Å². The first-order valence-corrected chi connectivity index (χ1v) is 21.0. The maximum atomic E-state index is 2.46. The summed E-state index contributed by atoms with van der Waals surface area (Å²) in [5.74, 6) is 0. The smallest absolute Gasteiger partial charge is 0.0619 e. The molecule has 0 amide bonds. The van der Waals surface area contributed by atoms with E-state index in [1.165, 1.54) is 98.4 Å². The fraction of sp³-hybridized carbons (Fsp3) is 0. The van der Waals surface area contributed by atoms with Crippen LogP contribution in [-0.2, 0) is 0 Å². The first-order valence-electron chi connectivity index (χ1n) is 21.0. The summed E-state index contributed by atoms with van der Waals surface area (Å²) in [5, 5.41) is 9.91. The van der Waals surface area contributed by atoms with Crippen LogP contribution < -0.4 is 0 Å². The molecule has 0 aliphatic heterocycles. The highest BCUT2D eigenvalue weighted by Crippen LogP contribution is 2.44. The quantitative estimate of drug-likeness (QED) is 0.165. The van der Waals surface area contributed by atoms with Crippen LogP contribution in [0.25, 0.3) is 116 Å². The molecule has 61 heavy (non-hydrogen) atoms. The second-order valence-electron chi connectivity index (χ2n) is 16.1. The number of benzene rings is 10. The van der Waals surface area contributed by atoms with Crippen molar-refractivity contribution in [2.75, 3.05) is 0 Å². The van der Waals surface area contributed by atoms with Crippen LogP contribution in [0, 0.1) is 0 Å². The second kappa shape index (κ2) is 13.2. The highest BCUT2D eigenvalue weighted by atomic mass is 15.0. The Morgan fingerprint density at radius 3 is 1.34 bits per heavy atom. The first-order chi connectivity index (χ1) is 30.3. The largest absolute Gasteiger partial charge is 0.309 e. The monoisotopic (exact) mass is 775 g/mol. The lowest BCUT2D eigenvalue weighted by Gasteiger charge is -2.15. The fourth-order valence-corrected chi connectivity index (χ4v) is 10.1.